The van der Waals surface area contributed by atoms with Crippen LogP contribution in [0.25, 0.3) is 0 Å². The van der Waals surface area contributed by atoms with Crippen molar-refractivity contribution in [2.75, 3.05) is 32.5 Å². The van der Waals surface area contributed by atoms with Gasteiger partial charge in [0, 0.05) is 24.8 Å². The second kappa shape index (κ2) is 6.89. The van der Waals surface area contributed by atoms with Crippen molar-refractivity contribution in [1.29, 1.82) is 0 Å². The number of nitrogens with one attached hydrogen (secondary N) is 3. The molecule has 1 amide bonds. The maximum Gasteiger partial charge on any atom is 0.252 e. The van der Waals surface area contributed by atoms with E-state index in [4.69, 9.17) is 0 Å². The van der Waals surface area contributed by atoms with Crippen LogP contribution < -0.4 is 16.2 Å². The molecule has 1 atom stereocenters. The van der Waals surface area contributed by atoms with E-state index < -0.39 is 0 Å². The van der Waals surface area contributed by atoms with Crippen molar-refractivity contribution >= 4 is 11.9 Å². The maximum absolute atomic E-state index is 11.7. The van der Waals surface area contributed by atoms with Gasteiger partial charge in [-0.2, -0.15) is 0 Å². The van der Waals surface area contributed by atoms with Gasteiger partial charge in [-0.1, -0.05) is 0 Å². The summed E-state index contributed by atoms with van der Waals surface area (Å²) in [6.07, 6.45) is 0. The Morgan fingerprint density at radius 3 is 2.74 bits per heavy atom. The van der Waals surface area contributed by atoms with Crippen LogP contribution in [0.3, 0.4) is 0 Å². The van der Waals surface area contributed by atoms with Gasteiger partial charge in [0.1, 0.15) is 0 Å². The van der Waals surface area contributed by atoms with Gasteiger partial charge in [-0.15, -0.1) is 0 Å². The molecule has 19 heavy (non-hydrogen) atoms. The minimum Gasteiger partial charge on any atom is -0.354 e. The molecule has 0 spiro atoms. The lowest BCUT2D eigenvalue weighted by Crippen LogP contribution is -2.42. The fourth-order valence-corrected chi connectivity index (χ4v) is 1.41. The molecule has 106 valence electrons. The molecule has 0 fully saturated rings. The number of amides is 1. The van der Waals surface area contributed by atoms with Crippen LogP contribution in [0.4, 0.5) is 5.95 Å². The summed E-state index contributed by atoms with van der Waals surface area (Å²) in [7, 11) is 3.70. The van der Waals surface area contributed by atoms with E-state index in [1.165, 1.54) is 6.07 Å². The van der Waals surface area contributed by atoms with E-state index in [0.29, 0.717) is 24.7 Å². The molecule has 0 radical (unpaired) electrons. The van der Waals surface area contributed by atoms with Gasteiger partial charge in [-0.05, 0) is 27.9 Å². The van der Waals surface area contributed by atoms with Gasteiger partial charge in [0.15, 0.2) is 0 Å². The first-order valence-electron chi connectivity index (χ1n) is 6.16. The molecule has 0 aliphatic heterocycles. The molecule has 0 bridgehead atoms. The summed E-state index contributed by atoms with van der Waals surface area (Å²) in [4.78, 5) is 31.4. The first kappa shape index (κ1) is 15.2. The van der Waals surface area contributed by atoms with Crippen molar-refractivity contribution in [3.05, 3.63) is 22.1 Å². The normalized spacial score (nSPS) is 12.3. The molecule has 0 aliphatic carbocycles. The van der Waals surface area contributed by atoms with E-state index in [1.807, 2.05) is 25.9 Å². The number of nitrogens with zero attached hydrogens (tertiary/aromatic N) is 2. The molecule has 1 rings (SSSR count). The van der Waals surface area contributed by atoms with Crippen molar-refractivity contribution in [2.24, 2.45) is 0 Å². The van der Waals surface area contributed by atoms with Crippen molar-refractivity contribution in [2.45, 2.75) is 19.9 Å². The van der Waals surface area contributed by atoms with E-state index >= 15 is 0 Å². The summed E-state index contributed by atoms with van der Waals surface area (Å²) in [5.74, 6) is 0.386. The molecule has 1 heterocycles. The van der Waals surface area contributed by atoms with Crippen molar-refractivity contribution in [3.63, 3.8) is 0 Å². The second-order valence-electron chi connectivity index (χ2n) is 4.59. The fraction of sp³-hybridized carbons (Fsp3) is 0.583. The number of likely N-dealkylation sites (N-methyl/N-ethyl adjacent to an activating group) is 1. The van der Waals surface area contributed by atoms with Gasteiger partial charge >= 0.3 is 0 Å². The lowest BCUT2D eigenvalue weighted by molar-refractivity contribution is -0.124. The predicted molar refractivity (Wildman–Crippen MR) is 74.2 cm³/mol. The first-order chi connectivity index (χ1) is 8.90. The Hall–Kier alpha value is -1.89. The minimum absolute atomic E-state index is 0.0301. The van der Waals surface area contributed by atoms with E-state index in [0.717, 1.165) is 0 Å². The third-order valence-corrected chi connectivity index (χ3v) is 2.74. The Balaban J connectivity index is 2.35. The molecule has 0 unspecified atom stereocenters. The topological polar surface area (TPSA) is 90.1 Å². The summed E-state index contributed by atoms with van der Waals surface area (Å²) >= 11 is 0. The van der Waals surface area contributed by atoms with Crippen molar-refractivity contribution in [1.82, 2.24) is 20.2 Å². The highest BCUT2D eigenvalue weighted by atomic mass is 16.2. The van der Waals surface area contributed by atoms with Gasteiger partial charge in [-0.3, -0.25) is 19.5 Å². The highest BCUT2D eigenvalue weighted by Gasteiger charge is 2.13. The molecule has 0 saturated carbocycles. The third-order valence-electron chi connectivity index (χ3n) is 2.74. The van der Waals surface area contributed by atoms with Gasteiger partial charge in [0.05, 0.1) is 6.04 Å². The maximum atomic E-state index is 11.7. The number of aromatic nitrogens is 2. The molecule has 1 aromatic heterocycles. The number of rotatable bonds is 6. The molecule has 3 N–H and O–H groups in total. The fourth-order valence-electron chi connectivity index (χ4n) is 1.41. The number of aryl methyl sites for hydroxylation is 1. The van der Waals surface area contributed by atoms with Crippen molar-refractivity contribution in [3.8, 4) is 0 Å². The largest absolute Gasteiger partial charge is 0.354 e. The average Bonchev–Trinajstić information content (AvgIpc) is 2.32. The Kier molecular flexibility index (Phi) is 5.50. The van der Waals surface area contributed by atoms with E-state index in [1.54, 1.807) is 6.92 Å². The van der Waals surface area contributed by atoms with E-state index in [2.05, 4.69) is 20.6 Å². The molecule has 0 saturated heterocycles. The quantitative estimate of drug-likeness (QED) is 0.608. The SMILES string of the molecule is Cc1cc(=O)[nH]c(NCCNC(=O)[C@@H](C)N(C)C)n1. The van der Waals surface area contributed by atoms with Crippen LogP contribution in [-0.4, -0.2) is 54.0 Å². The van der Waals surface area contributed by atoms with Crippen LogP contribution in [0.1, 0.15) is 12.6 Å². The van der Waals surface area contributed by atoms with Crippen LogP contribution >= 0.6 is 0 Å². The van der Waals surface area contributed by atoms with Gasteiger partial charge < -0.3 is 10.6 Å². The van der Waals surface area contributed by atoms with Crippen molar-refractivity contribution < 1.29 is 4.79 Å². The van der Waals surface area contributed by atoms with Gasteiger partial charge in [0.25, 0.3) is 5.56 Å². The zero-order valence-corrected chi connectivity index (χ0v) is 11.8. The summed E-state index contributed by atoms with van der Waals surface area (Å²) in [5, 5.41) is 5.76. The smallest absolute Gasteiger partial charge is 0.252 e. The van der Waals surface area contributed by atoms with Crippen LogP contribution in [0.15, 0.2) is 10.9 Å². The molecular formula is C12H21N5O2. The molecule has 1 aromatic rings. The first-order valence-corrected chi connectivity index (χ1v) is 6.16. The highest BCUT2D eigenvalue weighted by Crippen LogP contribution is 1.94. The van der Waals surface area contributed by atoms with Crippen LogP contribution in [0.2, 0.25) is 0 Å². The number of anilines is 1. The molecule has 0 aliphatic rings. The number of hydrogen-bond acceptors (Lipinski definition) is 5. The standard InChI is InChI=1S/C12H21N5O2/c1-8-7-10(18)16-12(15-8)14-6-5-13-11(19)9(2)17(3)4/h7,9H,5-6H2,1-4H3,(H,13,19)(H2,14,15,16,18)/t9-/m1/s1. The zero-order valence-electron chi connectivity index (χ0n) is 11.8. The van der Waals surface area contributed by atoms with Gasteiger partial charge in [-0.25, -0.2) is 4.98 Å². The molecule has 7 heteroatoms. The number of aromatic amines is 1. The summed E-state index contributed by atoms with van der Waals surface area (Å²) in [6.45, 7) is 4.55. The number of hydrogen-bond donors (Lipinski definition) is 3. The minimum atomic E-state index is -0.194. The highest BCUT2D eigenvalue weighted by molar-refractivity contribution is 5.81. The Morgan fingerprint density at radius 2 is 2.16 bits per heavy atom. The zero-order chi connectivity index (χ0) is 14.4. The van der Waals surface area contributed by atoms with Crippen LogP contribution in [0.5, 0.6) is 0 Å². The molecule has 0 aromatic carbocycles. The molecule has 7 nitrogen and oxygen atoms in total. The van der Waals surface area contributed by atoms with Crippen LogP contribution in [-0.2, 0) is 4.79 Å². The number of carbonyl (C=O) groups is 1. The Labute approximate surface area is 112 Å². The van der Waals surface area contributed by atoms with E-state index in [9.17, 15) is 9.59 Å². The average molecular weight is 267 g/mol. The predicted octanol–water partition coefficient (Wildman–Crippen LogP) is -0.443. The lowest BCUT2D eigenvalue weighted by atomic mass is 10.3. The Morgan fingerprint density at radius 1 is 1.47 bits per heavy atom. The van der Waals surface area contributed by atoms with Crippen LogP contribution in [0, 0.1) is 6.92 Å². The summed E-state index contributed by atoms with van der Waals surface area (Å²) in [6, 6.07) is 1.25. The number of carbonyl (C=O) groups excluding carboxylic acids is 1. The summed E-state index contributed by atoms with van der Waals surface area (Å²) < 4.78 is 0. The third kappa shape index (κ3) is 5.09. The number of H-pyrrole nitrogens is 1. The lowest BCUT2D eigenvalue weighted by Gasteiger charge is -2.18. The Bertz CT molecular complexity index is 483. The van der Waals surface area contributed by atoms with E-state index in [-0.39, 0.29) is 17.5 Å². The monoisotopic (exact) mass is 267 g/mol. The van der Waals surface area contributed by atoms with Gasteiger partial charge in [0.2, 0.25) is 11.9 Å². The molecular weight excluding hydrogens is 246 g/mol. The second-order valence-corrected chi connectivity index (χ2v) is 4.59. The summed E-state index contributed by atoms with van der Waals surface area (Å²) in [5.41, 5.74) is 0.455.